The summed E-state index contributed by atoms with van der Waals surface area (Å²) in [7, 11) is 0. The zero-order valence-corrected chi connectivity index (χ0v) is 19.9. The monoisotopic (exact) mass is 456 g/mol. The van der Waals surface area contributed by atoms with Gasteiger partial charge >= 0.3 is 0 Å². The van der Waals surface area contributed by atoms with E-state index in [2.05, 4.69) is 25.7 Å². The Labute approximate surface area is 194 Å². The zero-order chi connectivity index (χ0) is 23.1. The van der Waals surface area contributed by atoms with Crippen LogP contribution in [0.2, 0.25) is 0 Å². The molecule has 7 heteroatoms. The van der Waals surface area contributed by atoms with E-state index < -0.39 is 17.7 Å². The summed E-state index contributed by atoms with van der Waals surface area (Å²) in [4.78, 5) is 30.7. The van der Waals surface area contributed by atoms with E-state index in [1.54, 1.807) is 23.1 Å². The van der Waals surface area contributed by atoms with E-state index in [0.717, 1.165) is 30.8 Å². The van der Waals surface area contributed by atoms with Crippen molar-refractivity contribution in [3.63, 3.8) is 0 Å². The van der Waals surface area contributed by atoms with Gasteiger partial charge in [-0.3, -0.25) is 9.59 Å². The summed E-state index contributed by atoms with van der Waals surface area (Å²) in [6.07, 6.45) is 1.96. The standard InChI is InChI=1S/C25H32N2O4S/c1-4-7-15-31-19-11-8-10-18(17-19)23(28)21-22(20-12-9-16-32-20)27(25(30)24(21)29)14-13-26(5-2)6-3/h8-12,16-17,22,28H,4-7,13-15H2,1-3H3/b23-21+. The Bertz CT molecular complexity index is 951. The highest BCUT2D eigenvalue weighted by Crippen LogP contribution is 2.41. The van der Waals surface area contributed by atoms with Crippen molar-refractivity contribution in [1.29, 1.82) is 0 Å². The molecule has 32 heavy (non-hydrogen) atoms. The number of ketones is 1. The number of aliphatic hydroxyl groups excluding tert-OH is 1. The molecule has 1 amide bonds. The predicted molar refractivity (Wildman–Crippen MR) is 128 cm³/mol. The van der Waals surface area contributed by atoms with Crippen molar-refractivity contribution in [3.8, 4) is 5.75 Å². The normalized spacial score (nSPS) is 18.0. The Morgan fingerprint density at radius 3 is 2.59 bits per heavy atom. The number of carbonyl (C=O) groups excluding carboxylic acids is 2. The second-order valence-corrected chi connectivity index (χ2v) is 8.74. The fraction of sp³-hybridized carbons (Fsp3) is 0.440. The minimum Gasteiger partial charge on any atom is -0.507 e. The first-order valence-corrected chi connectivity index (χ1v) is 12.2. The molecule has 6 nitrogen and oxygen atoms in total. The number of nitrogens with zero attached hydrogens (tertiary/aromatic N) is 2. The molecule has 1 saturated heterocycles. The molecular formula is C25H32N2O4S. The fourth-order valence-electron chi connectivity index (χ4n) is 3.87. The van der Waals surface area contributed by atoms with Crippen molar-refractivity contribution < 1.29 is 19.4 Å². The average molecular weight is 457 g/mol. The Morgan fingerprint density at radius 2 is 1.94 bits per heavy atom. The van der Waals surface area contributed by atoms with Crippen molar-refractivity contribution in [2.24, 2.45) is 0 Å². The van der Waals surface area contributed by atoms with Crippen LogP contribution in [-0.2, 0) is 9.59 Å². The molecule has 0 radical (unpaired) electrons. The molecule has 0 saturated carbocycles. The lowest BCUT2D eigenvalue weighted by Gasteiger charge is -2.27. The zero-order valence-electron chi connectivity index (χ0n) is 19.0. The number of thiophene rings is 1. The second kappa shape index (κ2) is 11.3. The highest BCUT2D eigenvalue weighted by Gasteiger charge is 2.46. The van der Waals surface area contributed by atoms with Crippen LogP contribution in [0.5, 0.6) is 5.75 Å². The topological polar surface area (TPSA) is 70.1 Å². The number of likely N-dealkylation sites (tertiary alicyclic amines) is 1. The van der Waals surface area contributed by atoms with Crippen molar-refractivity contribution in [3.05, 3.63) is 57.8 Å². The Morgan fingerprint density at radius 1 is 1.16 bits per heavy atom. The summed E-state index contributed by atoms with van der Waals surface area (Å²) in [5.74, 6) is -0.732. The molecule has 1 N–H and O–H groups in total. The quantitative estimate of drug-likeness (QED) is 0.230. The van der Waals surface area contributed by atoms with E-state index in [1.807, 2.05) is 23.6 Å². The summed E-state index contributed by atoms with van der Waals surface area (Å²) >= 11 is 1.48. The van der Waals surface area contributed by atoms with Crippen LogP contribution in [-0.4, -0.2) is 59.4 Å². The molecule has 3 rings (SSSR count). The average Bonchev–Trinajstić information content (AvgIpc) is 3.42. The fourth-order valence-corrected chi connectivity index (χ4v) is 4.71. The van der Waals surface area contributed by atoms with Crippen LogP contribution < -0.4 is 4.74 Å². The minimum atomic E-state index is -0.641. The van der Waals surface area contributed by atoms with Gasteiger partial charge in [0.05, 0.1) is 18.2 Å². The van der Waals surface area contributed by atoms with Crippen LogP contribution in [0.3, 0.4) is 0 Å². The number of hydrogen-bond acceptors (Lipinski definition) is 6. The Hall–Kier alpha value is -2.64. The second-order valence-electron chi connectivity index (χ2n) is 7.76. The third-order valence-corrected chi connectivity index (χ3v) is 6.70. The van der Waals surface area contributed by atoms with E-state index in [1.165, 1.54) is 11.3 Å². The first-order chi connectivity index (χ1) is 15.5. The number of hydrogen-bond donors (Lipinski definition) is 1. The lowest BCUT2D eigenvalue weighted by atomic mass is 9.99. The number of rotatable bonds is 11. The van der Waals surface area contributed by atoms with Gasteiger partial charge in [0.25, 0.3) is 11.7 Å². The van der Waals surface area contributed by atoms with E-state index in [-0.39, 0.29) is 11.3 Å². The van der Waals surface area contributed by atoms with E-state index >= 15 is 0 Å². The van der Waals surface area contributed by atoms with Gasteiger partial charge in [-0.15, -0.1) is 11.3 Å². The van der Waals surface area contributed by atoms with Crippen LogP contribution in [0.15, 0.2) is 47.4 Å². The van der Waals surface area contributed by atoms with Crippen molar-refractivity contribution >= 4 is 28.8 Å². The summed E-state index contributed by atoms with van der Waals surface area (Å²) in [5.41, 5.74) is 0.616. The van der Waals surface area contributed by atoms with Gasteiger partial charge in [0, 0.05) is 23.5 Å². The van der Waals surface area contributed by atoms with Gasteiger partial charge in [-0.1, -0.05) is 45.4 Å². The predicted octanol–water partition coefficient (Wildman–Crippen LogP) is 4.69. The summed E-state index contributed by atoms with van der Waals surface area (Å²) in [6, 6.07) is 10.3. The third kappa shape index (κ3) is 5.22. The molecule has 172 valence electrons. The number of likely N-dealkylation sites (N-methyl/N-ethyl adjacent to an activating group) is 1. The minimum absolute atomic E-state index is 0.141. The Kier molecular flexibility index (Phi) is 8.47. The van der Waals surface area contributed by atoms with Crippen molar-refractivity contribution in [2.75, 3.05) is 32.8 Å². The van der Waals surface area contributed by atoms with Gasteiger partial charge in [-0.25, -0.2) is 0 Å². The van der Waals surface area contributed by atoms with Crippen molar-refractivity contribution in [2.45, 2.75) is 39.7 Å². The molecule has 1 unspecified atom stereocenters. The summed E-state index contributed by atoms with van der Waals surface area (Å²) in [5, 5.41) is 13.1. The molecule has 0 spiro atoms. The largest absolute Gasteiger partial charge is 0.507 e. The van der Waals surface area contributed by atoms with Crippen LogP contribution >= 0.6 is 11.3 Å². The molecule has 0 aliphatic carbocycles. The summed E-state index contributed by atoms with van der Waals surface area (Å²) < 4.78 is 5.76. The maximum Gasteiger partial charge on any atom is 0.295 e. The third-order valence-electron chi connectivity index (χ3n) is 5.78. The molecule has 2 heterocycles. The lowest BCUT2D eigenvalue weighted by Crippen LogP contribution is -2.37. The van der Waals surface area contributed by atoms with Gasteiger partial charge in [0.15, 0.2) is 0 Å². The molecular weight excluding hydrogens is 424 g/mol. The lowest BCUT2D eigenvalue weighted by molar-refractivity contribution is -0.140. The molecule has 2 aromatic rings. The molecule has 1 aromatic heterocycles. The van der Waals surface area contributed by atoms with Crippen LogP contribution in [0.25, 0.3) is 5.76 Å². The molecule has 0 bridgehead atoms. The maximum absolute atomic E-state index is 13.1. The number of amides is 1. The first-order valence-electron chi connectivity index (χ1n) is 11.3. The SMILES string of the molecule is CCCCOc1cccc(/C(O)=C2\C(=O)C(=O)N(CCN(CC)CC)C2c2cccs2)c1. The molecule has 1 atom stereocenters. The van der Waals surface area contributed by atoms with Crippen LogP contribution in [0.4, 0.5) is 0 Å². The van der Waals surface area contributed by atoms with E-state index in [4.69, 9.17) is 4.74 Å². The number of unbranched alkanes of at least 4 members (excludes halogenated alkanes) is 1. The molecule has 1 aromatic carbocycles. The number of Topliss-reactive ketones (excluding diaryl/α,β-unsaturated/α-hetero) is 1. The molecule has 1 fully saturated rings. The number of carbonyl (C=O) groups is 2. The Balaban J connectivity index is 1.97. The highest BCUT2D eigenvalue weighted by molar-refractivity contribution is 7.10. The van der Waals surface area contributed by atoms with Gasteiger partial charge < -0.3 is 19.6 Å². The van der Waals surface area contributed by atoms with E-state index in [9.17, 15) is 14.7 Å². The van der Waals surface area contributed by atoms with Crippen molar-refractivity contribution in [1.82, 2.24) is 9.80 Å². The van der Waals surface area contributed by atoms with Crippen LogP contribution in [0, 0.1) is 0 Å². The van der Waals surface area contributed by atoms with Gasteiger partial charge in [-0.05, 0) is 43.1 Å². The van der Waals surface area contributed by atoms with Gasteiger partial charge in [-0.2, -0.15) is 0 Å². The molecule has 1 aliphatic rings. The number of ether oxygens (including phenoxy) is 1. The first kappa shape index (κ1) is 24.0. The van der Waals surface area contributed by atoms with Crippen LogP contribution in [0.1, 0.15) is 50.1 Å². The summed E-state index contributed by atoms with van der Waals surface area (Å²) in [6.45, 7) is 9.66. The maximum atomic E-state index is 13.1. The molecule has 1 aliphatic heterocycles. The van der Waals surface area contributed by atoms with Gasteiger partial charge in [0.1, 0.15) is 11.5 Å². The highest BCUT2D eigenvalue weighted by atomic mass is 32.1. The smallest absolute Gasteiger partial charge is 0.295 e. The van der Waals surface area contributed by atoms with Gasteiger partial charge in [0.2, 0.25) is 0 Å². The van der Waals surface area contributed by atoms with E-state index in [0.29, 0.717) is 31.0 Å². The number of benzene rings is 1. The number of aliphatic hydroxyl groups is 1.